The van der Waals surface area contributed by atoms with Crippen molar-refractivity contribution in [3.8, 4) is 0 Å². The van der Waals surface area contributed by atoms with Crippen molar-refractivity contribution < 1.29 is 13.7 Å². The van der Waals surface area contributed by atoms with Gasteiger partial charge in [-0.15, -0.1) is 0 Å². The van der Waals surface area contributed by atoms with Gasteiger partial charge in [-0.2, -0.15) is 0 Å². The third-order valence-corrected chi connectivity index (χ3v) is 5.24. The molecule has 1 aliphatic heterocycles. The van der Waals surface area contributed by atoms with Gasteiger partial charge in [-0.3, -0.25) is 0 Å². The SMILES string of the molecule is CC(C)(C)OC(=O)N1CC(CCNCc2cccc(S(N)=O)n2)CC1(C)C. The molecule has 0 aromatic carbocycles. The summed E-state index contributed by atoms with van der Waals surface area (Å²) in [5.74, 6) is 0.427. The normalized spacial score (nSPS) is 20.5. The lowest BCUT2D eigenvalue weighted by atomic mass is 9.94. The molecule has 1 aromatic heterocycles. The minimum Gasteiger partial charge on any atom is -0.444 e. The molecule has 0 aliphatic carbocycles. The molecule has 1 aromatic rings. The number of likely N-dealkylation sites (tertiary alicyclic amines) is 1. The van der Waals surface area contributed by atoms with Gasteiger partial charge in [0.15, 0.2) is 0 Å². The average Bonchev–Trinajstić information content (AvgIpc) is 2.85. The number of nitrogens with zero attached hydrogens (tertiary/aromatic N) is 2. The Morgan fingerprint density at radius 2 is 2.15 bits per heavy atom. The fourth-order valence-electron chi connectivity index (χ4n) is 3.41. The molecule has 0 radical (unpaired) electrons. The molecule has 7 nitrogen and oxygen atoms in total. The number of carbonyl (C=O) groups is 1. The van der Waals surface area contributed by atoms with Gasteiger partial charge in [-0.05, 0) is 72.1 Å². The van der Waals surface area contributed by atoms with E-state index >= 15 is 0 Å². The summed E-state index contributed by atoms with van der Waals surface area (Å²) >= 11 is 0. The predicted octanol–water partition coefficient (Wildman–Crippen LogP) is 2.58. The number of hydrogen-bond acceptors (Lipinski definition) is 5. The second-order valence-corrected chi connectivity index (χ2v) is 9.72. The van der Waals surface area contributed by atoms with Gasteiger partial charge in [0, 0.05) is 18.6 Å². The minimum absolute atomic E-state index is 0.200. The molecular weight excluding hydrogens is 364 g/mol. The Balaban J connectivity index is 1.81. The predicted molar refractivity (Wildman–Crippen MR) is 106 cm³/mol. The van der Waals surface area contributed by atoms with Crippen molar-refractivity contribution in [1.82, 2.24) is 15.2 Å². The quantitative estimate of drug-likeness (QED) is 0.720. The van der Waals surface area contributed by atoms with Crippen LogP contribution in [0.1, 0.15) is 53.2 Å². The minimum atomic E-state index is -1.56. The van der Waals surface area contributed by atoms with Crippen LogP contribution in [0, 0.1) is 5.92 Å². The van der Waals surface area contributed by atoms with Crippen LogP contribution in [0.25, 0.3) is 0 Å². The number of pyridine rings is 1. The van der Waals surface area contributed by atoms with E-state index in [0.29, 0.717) is 24.0 Å². The third kappa shape index (κ3) is 6.55. The maximum atomic E-state index is 12.5. The number of aromatic nitrogens is 1. The maximum Gasteiger partial charge on any atom is 0.410 e. The van der Waals surface area contributed by atoms with Crippen molar-refractivity contribution in [2.45, 2.75) is 70.2 Å². The fraction of sp³-hybridized carbons (Fsp3) is 0.684. The van der Waals surface area contributed by atoms with Crippen molar-refractivity contribution >= 4 is 17.1 Å². The van der Waals surface area contributed by atoms with Crippen LogP contribution in [0.5, 0.6) is 0 Å². The van der Waals surface area contributed by atoms with Gasteiger partial charge in [0.1, 0.15) is 21.6 Å². The molecule has 1 amide bonds. The molecule has 2 rings (SSSR count). The van der Waals surface area contributed by atoms with Gasteiger partial charge in [-0.1, -0.05) is 6.07 Å². The van der Waals surface area contributed by atoms with Gasteiger partial charge >= 0.3 is 6.09 Å². The third-order valence-electron chi connectivity index (χ3n) is 4.60. The number of ether oxygens (including phenoxy) is 1. The van der Waals surface area contributed by atoms with E-state index in [2.05, 4.69) is 24.1 Å². The van der Waals surface area contributed by atoms with Crippen molar-refractivity contribution in [3.63, 3.8) is 0 Å². The highest BCUT2D eigenvalue weighted by Gasteiger charge is 2.42. The standard InChI is InChI=1S/C19H32N4O3S/c1-18(2,3)26-17(24)23-13-14(11-19(23,4)5)9-10-21-12-15-7-6-8-16(22-15)27(20)25/h6-8,14,21H,9-13,20H2,1-5H3. The molecule has 0 saturated carbocycles. The Hall–Kier alpha value is -1.51. The summed E-state index contributed by atoms with van der Waals surface area (Å²) in [5, 5.41) is 9.12. The van der Waals surface area contributed by atoms with Crippen LogP contribution in [-0.2, 0) is 22.3 Å². The van der Waals surface area contributed by atoms with Crippen LogP contribution in [-0.4, -0.2) is 44.4 Å². The monoisotopic (exact) mass is 396 g/mol. The van der Waals surface area contributed by atoms with Crippen LogP contribution in [0.4, 0.5) is 4.79 Å². The molecule has 152 valence electrons. The highest BCUT2D eigenvalue weighted by molar-refractivity contribution is 7.82. The first-order chi connectivity index (χ1) is 12.5. The smallest absolute Gasteiger partial charge is 0.410 e. The molecule has 2 heterocycles. The van der Waals surface area contributed by atoms with Gasteiger partial charge in [-0.25, -0.2) is 19.1 Å². The second kappa shape index (κ2) is 8.67. The molecule has 0 spiro atoms. The Bertz CT molecular complexity index is 688. The largest absolute Gasteiger partial charge is 0.444 e. The molecule has 0 bridgehead atoms. The molecule has 2 unspecified atom stereocenters. The maximum absolute atomic E-state index is 12.5. The van der Waals surface area contributed by atoms with Crippen molar-refractivity contribution in [1.29, 1.82) is 0 Å². The summed E-state index contributed by atoms with van der Waals surface area (Å²) in [6.45, 7) is 12.0. The first-order valence-corrected chi connectivity index (χ1v) is 10.5. The molecule has 1 saturated heterocycles. The van der Waals surface area contributed by atoms with E-state index in [4.69, 9.17) is 9.88 Å². The second-order valence-electron chi connectivity index (χ2n) is 8.70. The Morgan fingerprint density at radius 3 is 2.78 bits per heavy atom. The highest BCUT2D eigenvalue weighted by atomic mass is 32.2. The lowest BCUT2D eigenvalue weighted by Gasteiger charge is -2.33. The van der Waals surface area contributed by atoms with Gasteiger partial charge < -0.3 is 15.0 Å². The lowest BCUT2D eigenvalue weighted by Crippen LogP contribution is -2.45. The van der Waals surface area contributed by atoms with Crippen LogP contribution in [0.15, 0.2) is 23.2 Å². The van der Waals surface area contributed by atoms with E-state index in [1.807, 2.05) is 37.8 Å². The Morgan fingerprint density at radius 1 is 1.44 bits per heavy atom. The highest BCUT2D eigenvalue weighted by Crippen LogP contribution is 2.35. The zero-order valence-electron chi connectivity index (χ0n) is 16.9. The van der Waals surface area contributed by atoms with E-state index in [1.165, 1.54) is 0 Å². The van der Waals surface area contributed by atoms with E-state index in [9.17, 15) is 9.00 Å². The first kappa shape index (κ1) is 21.8. The number of carbonyl (C=O) groups excluding carboxylic acids is 1. The van der Waals surface area contributed by atoms with Gasteiger partial charge in [0.05, 0.1) is 5.69 Å². The zero-order valence-corrected chi connectivity index (χ0v) is 17.8. The van der Waals surface area contributed by atoms with E-state index in [0.717, 1.165) is 25.1 Å². The van der Waals surface area contributed by atoms with Crippen LogP contribution >= 0.6 is 0 Å². The summed E-state index contributed by atoms with van der Waals surface area (Å²) < 4.78 is 16.8. The molecule has 27 heavy (non-hydrogen) atoms. The number of nitrogens with one attached hydrogen (secondary N) is 1. The zero-order chi connectivity index (χ0) is 20.2. The average molecular weight is 397 g/mol. The van der Waals surface area contributed by atoms with E-state index < -0.39 is 16.6 Å². The van der Waals surface area contributed by atoms with Crippen LogP contribution < -0.4 is 10.5 Å². The molecule has 8 heteroatoms. The van der Waals surface area contributed by atoms with E-state index in [-0.39, 0.29) is 11.6 Å². The number of amides is 1. The number of rotatable bonds is 6. The fourth-order valence-corrected chi connectivity index (χ4v) is 3.83. The summed E-state index contributed by atoms with van der Waals surface area (Å²) in [6.07, 6.45) is 1.68. The Kier molecular flexibility index (Phi) is 6.99. The lowest BCUT2D eigenvalue weighted by molar-refractivity contribution is 0.0131. The van der Waals surface area contributed by atoms with Crippen molar-refractivity contribution in [3.05, 3.63) is 23.9 Å². The number of hydrogen-bond donors (Lipinski definition) is 2. The molecule has 1 aliphatic rings. The van der Waals surface area contributed by atoms with Crippen LogP contribution in [0.2, 0.25) is 0 Å². The first-order valence-electron chi connectivity index (χ1n) is 9.31. The molecule has 3 N–H and O–H groups in total. The summed E-state index contributed by atoms with van der Waals surface area (Å²) in [6, 6.07) is 5.35. The van der Waals surface area contributed by atoms with Gasteiger partial charge in [0.2, 0.25) is 0 Å². The number of nitrogens with two attached hydrogens (primary N) is 1. The molecule has 2 atom stereocenters. The van der Waals surface area contributed by atoms with Crippen molar-refractivity contribution in [2.24, 2.45) is 11.1 Å². The van der Waals surface area contributed by atoms with Gasteiger partial charge in [0.25, 0.3) is 0 Å². The van der Waals surface area contributed by atoms with Crippen molar-refractivity contribution in [2.75, 3.05) is 13.1 Å². The molecular formula is C19H32N4O3S. The summed E-state index contributed by atoms with van der Waals surface area (Å²) in [7, 11) is -1.56. The molecule has 1 fully saturated rings. The topological polar surface area (TPSA) is 97.5 Å². The summed E-state index contributed by atoms with van der Waals surface area (Å²) in [5.41, 5.74) is 0.128. The van der Waals surface area contributed by atoms with Crippen LogP contribution in [0.3, 0.4) is 0 Å². The Labute approximate surface area is 164 Å². The van der Waals surface area contributed by atoms with E-state index in [1.54, 1.807) is 6.07 Å². The summed E-state index contributed by atoms with van der Waals surface area (Å²) in [4.78, 5) is 18.6.